The second kappa shape index (κ2) is 5.73. The van der Waals surface area contributed by atoms with Gasteiger partial charge in [0.2, 0.25) is 0 Å². The van der Waals surface area contributed by atoms with Crippen LogP contribution in [0.25, 0.3) is 5.69 Å². The fraction of sp³-hybridized carbons (Fsp3) is 0.125. The number of anilines is 1. The number of hydrogen-bond acceptors (Lipinski definition) is 3. The number of thiophene rings is 1. The zero-order valence-electron chi connectivity index (χ0n) is 12.1. The molecular weight excluding hydrogens is 301 g/mol. The van der Waals surface area contributed by atoms with Crippen LogP contribution in [0.15, 0.2) is 42.5 Å². The standard InChI is InChI=1S/C16H14FN3OS/c1-10-9-15(18-16(21)14-8-3-11(2)22-14)20(19-10)13-6-4-12(17)5-7-13/h3-9H,1-2H3,(H,18,21). The van der Waals surface area contributed by atoms with Gasteiger partial charge in [-0.1, -0.05) is 0 Å². The number of carbonyl (C=O) groups excluding carboxylic acids is 1. The van der Waals surface area contributed by atoms with Crippen LogP contribution in [0, 0.1) is 19.7 Å². The number of halogens is 1. The summed E-state index contributed by atoms with van der Waals surface area (Å²) >= 11 is 1.43. The van der Waals surface area contributed by atoms with Gasteiger partial charge >= 0.3 is 0 Å². The summed E-state index contributed by atoms with van der Waals surface area (Å²) in [5, 5.41) is 7.20. The molecule has 0 saturated carbocycles. The first kappa shape index (κ1) is 14.5. The van der Waals surface area contributed by atoms with Crippen LogP contribution < -0.4 is 5.32 Å². The molecule has 0 fully saturated rings. The summed E-state index contributed by atoms with van der Waals surface area (Å²) in [7, 11) is 0. The molecular formula is C16H14FN3OS. The van der Waals surface area contributed by atoms with Crippen molar-refractivity contribution in [2.24, 2.45) is 0 Å². The van der Waals surface area contributed by atoms with Gasteiger partial charge < -0.3 is 5.32 Å². The van der Waals surface area contributed by atoms with Gasteiger partial charge in [-0.15, -0.1) is 11.3 Å². The van der Waals surface area contributed by atoms with Crippen LogP contribution in [0.5, 0.6) is 0 Å². The van der Waals surface area contributed by atoms with Crippen LogP contribution in [0.3, 0.4) is 0 Å². The lowest BCUT2D eigenvalue weighted by atomic mass is 10.3. The molecule has 1 N–H and O–H groups in total. The van der Waals surface area contributed by atoms with Gasteiger partial charge in [0.15, 0.2) is 0 Å². The van der Waals surface area contributed by atoms with Gasteiger partial charge in [0.05, 0.1) is 16.3 Å². The van der Waals surface area contributed by atoms with Crippen LogP contribution in [-0.2, 0) is 0 Å². The molecule has 0 aliphatic rings. The lowest BCUT2D eigenvalue weighted by Gasteiger charge is -2.08. The van der Waals surface area contributed by atoms with E-state index in [2.05, 4.69) is 10.4 Å². The van der Waals surface area contributed by atoms with E-state index in [-0.39, 0.29) is 11.7 Å². The third-order valence-electron chi connectivity index (χ3n) is 3.11. The molecule has 0 saturated heterocycles. The molecule has 0 radical (unpaired) electrons. The Morgan fingerprint density at radius 3 is 2.55 bits per heavy atom. The van der Waals surface area contributed by atoms with Crippen molar-refractivity contribution >= 4 is 23.1 Å². The number of carbonyl (C=O) groups is 1. The number of aryl methyl sites for hydroxylation is 2. The molecule has 1 amide bonds. The maximum absolute atomic E-state index is 13.0. The molecule has 22 heavy (non-hydrogen) atoms. The van der Waals surface area contributed by atoms with E-state index >= 15 is 0 Å². The summed E-state index contributed by atoms with van der Waals surface area (Å²) in [5.41, 5.74) is 1.45. The molecule has 0 spiro atoms. The number of aromatic nitrogens is 2. The molecule has 4 nitrogen and oxygen atoms in total. The average molecular weight is 315 g/mol. The predicted octanol–water partition coefficient (Wildman–Crippen LogP) is 3.94. The molecule has 0 atom stereocenters. The number of amides is 1. The van der Waals surface area contributed by atoms with E-state index in [1.165, 1.54) is 23.5 Å². The molecule has 3 aromatic rings. The van der Waals surface area contributed by atoms with E-state index in [1.54, 1.807) is 28.9 Å². The van der Waals surface area contributed by atoms with Crippen molar-refractivity contribution < 1.29 is 9.18 Å². The smallest absolute Gasteiger partial charge is 0.266 e. The Hall–Kier alpha value is -2.47. The van der Waals surface area contributed by atoms with Gasteiger partial charge in [-0.05, 0) is 50.2 Å². The molecule has 3 rings (SSSR count). The molecule has 0 bridgehead atoms. The Morgan fingerprint density at radius 1 is 1.18 bits per heavy atom. The second-order valence-corrected chi connectivity index (χ2v) is 6.21. The van der Waals surface area contributed by atoms with E-state index < -0.39 is 0 Å². The molecule has 1 aromatic carbocycles. The Kier molecular flexibility index (Phi) is 3.77. The Balaban J connectivity index is 1.91. The minimum atomic E-state index is -0.313. The summed E-state index contributed by atoms with van der Waals surface area (Å²) in [6, 6.07) is 11.4. The SMILES string of the molecule is Cc1cc(NC(=O)c2ccc(C)s2)n(-c2ccc(F)cc2)n1. The minimum Gasteiger partial charge on any atom is -0.306 e. The number of nitrogens with zero attached hydrogens (tertiary/aromatic N) is 2. The third-order valence-corrected chi connectivity index (χ3v) is 4.11. The zero-order chi connectivity index (χ0) is 15.7. The summed E-state index contributed by atoms with van der Waals surface area (Å²) in [4.78, 5) is 14.0. The zero-order valence-corrected chi connectivity index (χ0v) is 12.9. The molecule has 112 valence electrons. The van der Waals surface area contributed by atoms with Gasteiger partial charge in [-0.2, -0.15) is 5.10 Å². The maximum Gasteiger partial charge on any atom is 0.266 e. The molecule has 2 aromatic heterocycles. The molecule has 6 heteroatoms. The number of nitrogens with one attached hydrogen (secondary N) is 1. The molecule has 0 aliphatic carbocycles. The van der Waals surface area contributed by atoms with Crippen molar-refractivity contribution in [1.82, 2.24) is 9.78 Å². The van der Waals surface area contributed by atoms with Crippen molar-refractivity contribution in [1.29, 1.82) is 0 Å². The first-order valence-corrected chi connectivity index (χ1v) is 7.55. The monoisotopic (exact) mass is 315 g/mol. The minimum absolute atomic E-state index is 0.179. The van der Waals surface area contributed by atoms with Crippen molar-refractivity contribution in [2.75, 3.05) is 5.32 Å². The Morgan fingerprint density at radius 2 is 1.91 bits per heavy atom. The van der Waals surface area contributed by atoms with Crippen LogP contribution in [0.1, 0.15) is 20.2 Å². The van der Waals surface area contributed by atoms with Gasteiger partial charge in [0.1, 0.15) is 11.6 Å². The van der Waals surface area contributed by atoms with Crippen LogP contribution >= 0.6 is 11.3 Å². The number of rotatable bonds is 3. The summed E-state index contributed by atoms with van der Waals surface area (Å²) < 4.78 is 14.6. The van der Waals surface area contributed by atoms with Crippen molar-refractivity contribution in [3.8, 4) is 5.69 Å². The van der Waals surface area contributed by atoms with Crippen molar-refractivity contribution in [3.05, 3.63) is 63.7 Å². The average Bonchev–Trinajstić information content (AvgIpc) is 3.06. The highest BCUT2D eigenvalue weighted by molar-refractivity contribution is 7.14. The lowest BCUT2D eigenvalue weighted by molar-refractivity contribution is 0.103. The molecule has 0 aliphatic heterocycles. The van der Waals surface area contributed by atoms with Gasteiger partial charge in [0, 0.05) is 10.9 Å². The molecule has 0 unspecified atom stereocenters. The topological polar surface area (TPSA) is 46.9 Å². The number of benzene rings is 1. The lowest BCUT2D eigenvalue weighted by Crippen LogP contribution is -2.13. The van der Waals surface area contributed by atoms with Gasteiger partial charge in [0.25, 0.3) is 5.91 Å². The van der Waals surface area contributed by atoms with Crippen LogP contribution in [-0.4, -0.2) is 15.7 Å². The van der Waals surface area contributed by atoms with Crippen molar-refractivity contribution in [3.63, 3.8) is 0 Å². The van der Waals surface area contributed by atoms with E-state index in [4.69, 9.17) is 0 Å². The van der Waals surface area contributed by atoms with E-state index in [0.717, 1.165) is 10.6 Å². The Bertz CT molecular complexity index is 820. The van der Waals surface area contributed by atoms with Gasteiger partial charge in [-0.25, -0.2) is 9.07 Å². The van der Waals surface area contributed by atoms with E-state index in [1.807, 2.05) is 19.9 Å². The summed E-state index contributed by atoms with van der Waals surface area (Å²) in [6.45, 7) is 3.79. The number of hydrogen-bond donors (Lipinski definition) is 1. The summed E-state index contributed by atoms with van der Waals surface area (Å²) in [5.74, 6) is 0.0637. The third kappa shape index (κ3) is 2.92. The summed E-state index contributed by atoms with van der Waals surface area (Å²) in [6.07, 6.45) is 0. The van der Waals surface area contributed by atoms with Crippen LogP contribution in [0.4, 0.5) is 10.2 Å². The largest absolute Gasteiger partial charge is 0.306 e. The fourth-order valence-electron chi connectivity index (χ4n) is 2.10. The molecule has 2 heterocycles. The highest BCUT2D eigenvalue weighted by Gasteiger charge is 2.13. The highest BCUT2D eigenvalue weighted by Crippen LogP contribution is 2.20. The first-order valence-electron chi connectivity index (χ1n) is 6.73. The second-order valence-electron chi connectivity index (χ2n) is 4.92. The quantitative estimate of drug-likeness (QED) is 0.795. The predicted molar refractivity (Wildman–Crippen MR) is 85.3 cm³/mol. The first-order chi connectivity index (χ1) is 10.5. The Labute approximate surface area is 131 Å². The van der Waals surface area contributed by atoms with Crippen LogP contribution in [0.2, 0.25) is 0 Å². The van der Waals surface area contributed by atoms with E-state index in [9.17, 15) is 9.18 Å². The van der Waals surface area contributed by atoms with Gasteiger partial charge in [-0.3, -0.25) is 4.79 Å². The fourth-order valence-corrected chi connectivity index (χ4v) is 2.86. The normalized spacial score (nSPS) is 10.7. The van der Waals surface area contributed by atoms with Crippen molar-refractivity contribution in [2.45, 2.75) is 13.8 Å². The highest BCUT2D eigenvalue weighted by atomic mass is 32.1. The maximum atomic E-state index is 13.0. The van der Waals surface area contributed by atoms with E-state index in [0.29, 0.717) is 16.4 Å².